The number of hydrogen-bond donors (Lipinski definition) is 0. The molecular formula is C46H30N2O. The summed E-state index contributed by atoms with van der Waals surface area (Å²) in [5.74, 6) is 0. The van der Waals surface area contributed by atoms with Gasteiger partial charge in [-0.3, -0.25) is 0 Å². The van der Waals surface area contributed by atoms with Crippen LogP contribution in [0.15, 0.2) is 186 Å². The summed E-state index contributed by atoms with van der Waals surface area (Å²) < 4.78 is 9.23. The molecule has 0 bridgehead atoms. The van der Waals surface area contributed by atoms with Crippen molar-refractivity contribution in [2.75, 3.05) is 4.90 Å². The zero-order valence-corrected chi connectivity index (χ0v) is 26.6. The topological polar surface area (TPSA) is 21.3 Å². The minimum Gasteiger partial charge on any atom is -0.453 e. The van der Waals surface area contributed by atoms with Gasteiger partial charge in [-0.2, -0.15) is 0 Å². The van der Waals surface area contributed by atoms with Crippen LogP contribution in [0.2, 0.25) is 0 Å². The van der Waals surface area contributed by atoms with Crippen molar-refractivity contribution in [3.05, 3.63) is 182 Å². The second-order valence-corrected chi connectivity index (χ2v) is 12.5. The Morgan fingerprint density at radius 3 is 1.90 bits per heavy atom. The first-order chi connectivity index (χ1) is 24.3. The smallest absolute Gasteiger partial charge is 0.161 e. The number of anilines is 3. The lowest BCUT2D eigenvalue weighted by molar-refractivity contribution is 0.674. The Kier molecular flexibility index (Phi) is 6.18. The molecule has 49 heavy (non-hydrogen) atoms. The largest absolute Gasteiger partial charge is 0.453 e. The highest BCUT2D eigenvalue weighted by Gasteiger charge is 2.22. The van der Waals surface area contributed by atoms with E-state index in [-0.39, 0.29) is 0 Å². The Morgan fingerprint density at radius 2 is 1.06 bits per heavy atom. The molecule has 0 spiro atoms. The van der Waals surface area contributed by atoms with Crippen molar-refractivity contribution >= 4 is 71.6 Å². The van der Waals surface area contributed by atoms with Crippen molar-refractivity contribution in [3.8, 4) is 16.8 Å². The third-order valence-electron chi connectivity index (χ3n) is 9.73. The quantitative estimate of drug-likeness (QED) is 0.177. The lowest BCUT2D eigenvalue weighted by Gasteiger charge is -2.28. The Labute approximate surface area is 283 Å². The van der Waals surface area contributed by atoms with E-state index in [0.29, 0.717) is 0 Å². The van der Waals surface area contributed by atoms with Crippen LogP contribution in [0, 0.1) is 0 Å². The molecule has 3 heteroatoms. The first-order valence-corrected chi connectivity index (χ1v) is 16.7. The van der Waals surface area contributed by atoms with Crippen molar-refractivity contribution in [2.24, 2.45) is 0 Å². The highest BCUT2D eigenvalue weighted by Crippen LogP contribution is 2.45. The number of hydrogen-bond acceptors (Lipinski definition) is 2. The second-order valence-electron chi connectivity index (χ2n) is 12.5. The van der Waals surface area contributed by atoms with Crippen molar-refractivity contribution in [2.45, 2.75) is 0 Å². The lowest BCUT2D eigenvalue weighted by atomic mass is 9.98. The molecule has 10 aromatic rings. The van der Waals surface area contributed by atoms with Crippen LogP contribution in [0.25, 0.3) is 71.3 Å². The predicted molar refractivity (Wildman–Crippen MR) is 206 cm³/mol. The number of para-hydroxylation sites is 4. The molecule has 230 valence electrons. The molecule has 2 heterocycles. The van der Waals surface area contributed by atoms with E-state index in [4.69, 9.17) is 4.42 Å². The summed E-state index contributed by atoms with van der Waals surface area (Å²) in [6, 6.07) is 64.8. The zero-order valence-electron chi connectivity index (χ0n) is 26.6. The summed E-state index contributed by atoms with van der Waals surface area (Å²) in [5.41, 5.74) is 10.6. The molecule has 3 nitrogen and oxygen atoms in total. The van der Waals surface area contributed by atoms with Crippen LogP contribution >= 0.6 is 0 Å². The molecular weight excluding hydrogens is 597 g/mol. The molecule has 10 rings (SSSR count). The number of aromatic nitrogens is 1. The monoisotopic (exact) mass is 626 g/mol. The van der Waals surface area contributed by atoms with Gasteiger partial charge >= 0.3 is 0 Å². The maximum atomic E-state index is 6.89. The highest BCUT2D eigenvalue weighted by atomic mass is 16.3. The fourth-order valence-electron chi connectivity index (χ4n) is 7.60. The SMILES string of the molecule is c1ccc(N(c2cccc(-c3cccc4c3oc3c5ccccc5n(-c5ccccc5)c43)c2)c2cc3ccccc3c3ccccc23)cc1. The zero-order chi connectivity index (χ0) is 32.3. The van der Waals surface area contributed by atoms with Gasteiger partial charge in [0, 0.05) is 38.8 Å². The molecule has 0 N–H and O–H groups in total. The van der Waals surface area contributed by atoms with E-state index in [1.54, 1.807) is 0 Å². The molecule has 0 saturated carbocycles. The van der Waals surface area contributed by atoms with Gasteiger partial charge in [-0.15, -0.1) is 0 Å². The summed E-state index contributed by atoms with van der Waals surface area (Å²) in [6.07, 6.45) is 0. The molecule has 0 aliphatic heterocycles. The Morgan fingerprint density at radius 1 is 0.429 bits per heavy atom. The molecule has 0 aliphatic rings. The first kappa shape index (κ1) is 27.5. The standard InChI is InChI=1S/C46H30N2O/c1-3-17-33(18-4-1)47(43-30-32-15-7-8-22-36(32)38-23-9-10-24-39(38)43)35-21-13-16-31(29-35)37-26-14-27-41-44-46(49-45(37)41)40-25-11-12-28-42(40)48(44)34-19-5-2-6-20-34/h1-30H. The number of furan rings is 1. The van der Waals surface area contributed by atoms with Gasteiger partial charge in [0.1, 0.15) is 11.1 Å². The van der Waals surface area contributed by atoms with Crippen LogP contribution in [-0.2, 0) is 0 Å². The van der Waals surface area contributed by atoms with E-state index in [1.165, 1.54) is 21.5 Å². The third-order valence-corrected chi connectivity index (χ3v) is 9.73. The van der Waals surface area contributed by atoms with Crippen LogP contribution in [-0.4, -0.2) is 4.57 Å². The molecule has 0 atom stereocenters. The van der Waals surface area contributed by atoms with Crippen LogP contribution in [0.4, 0.5) is 17.1 Å². The summed E-state index contributed by atoms with van der Waals surface area (Å²) in [6.45, 7) is 0. The molecule has 0 amide bonds. The number of benzene rings is 8. The Bertz CT molecular complexity index is 2830. The normalized spacial score (nSPS) is 11.7. The van der Waals surface area contributed by atoms with E-state index in [2.05, 4.69) is 191 Å². The molecule has 0 radical (unpaired) electrons. The first-order valence-electron chi connectivity index (χ1n) is 16.7. The Balaban J connectivity index is 1.21. The molecule has 0 fully saturated rings. The van der Waals surface area contributed by atoms with E-state index < -0.39 is 0 Å². The van der Waals surface area contributed by atoms with Crippen LogP contribution in [0.3, 0.4) is 0 Å². The van der Waals surface area contributed by atoms with Gasteiger partial charge < -0.3 is 13.9 Å². The van der Waals surface area contributed by atoms with Crippen molar-refractivity contribution < 1.29 is 4.42 Å². The van der Waals surface area contributed by atoms with Gasteiger partial charge in [-0.05, 0) is 82.4 Å². The van der Waals surface area contributed by atoms with Crippen molar-refractivity contribution in [3.63, 3.8) is 0 Å². The van der Waals surface area contributed by atoms with Crippen LogP contribution in [0.1, 0.15) is 0 Å². The highest BCUT2D eigenvalue weighted by molar-refractivity contribution is 6.19. The van der Waals surface area contributed by atoms with Gasteiger partial charge in [0.25, 0.3) is 0 Å². The van der Waals surface area contributed by atoms with E-state index in [9.17, 15) is 0 Å². The van der Waals surface area contributed by atoms with Gasteiger partial charge in [-0.25, -0.2) is 0 Å². The van der Waals surface area contributed by atoms with E-state index in [0.717, 1.165) is 66.8 Å². The van der Waals surface area contributed by atoms with Gasteiger partial charge in [0.15, 0.2) is 5.58 Å². The van der Waals surface area contributed by atoms with Gasteiger partial charge in [0.2, 0.25) is 0 Å². The summed E-state index contributed by atoms with van der Waals surface area (Å²) >= 11 is 0. The Hall–Kier alpha value is -6.58. The average molecular weight is 627 g/mol. The third kappa shape index (κ3) is 4.29. The van der Waals surface area contributed by atoms with Gasteiger partial charge in [-0.1, -0.05) is 121 Å². The van der Waals surface area contributed by atoms with E-state index >= 15 is 0 Å². The molecule has 0 saturated heterocycles. The fourth-order valence-corrected chi connectivity index (χ4v) is 7.60. The van der Waals surface area contributed by atoms with Crippen molar-refractivity contribution in [1.29, 1.82) is 0 Å². The molecule has 0 unspecified atom stereocenters. The van der Waals surface area contributed by atoms with Crippen molar-refractivity contribution in [1.82, 2.24) is 4.57 Å². The summed E-state index contributed by atoms with van der Waals surface area (Å²) in [7, 11) is 0. The van der Waals surface area contributed by atoms with Crippen LogP contribution < -0.4 is 4.90 Å². The fraction of sp³-hybridized carbons (Fsp3) is 0. The number of nitrogens with zero attached hydrogens (tertiary/aromatic N) is 2. The molecule has 0 aliphatic carbocycles. The second kappa shape index (κ2) is 11.0. The maximum Gasteiger partial charge on any atom is 0.161 e. The lowest BCUT2D eigenvalue weighted by Crippen LogP contribution is -2.10. The summed E-state index contributed by atoms with van der Waals surface area (Å²) in [4.78, 5) is 2.38. The maximum absolute atomic E-state index is 6.89. The minimum absolute atomic E-state index is 0.891. The summed E-state index contributed by atoms with van der Waals surface area (Å²) in [5, 5.41) is 7.12. The predicted octanol–water partition coefficient (Wildman–Crippen LogP) is 13.0. The average Bonchev–Trinajstić information content (AvgIpc) is 3.71. The molecule has 2 aromatic heterocycles. The van der Waals surface area contributed by atoms with Crippen LogP contribution in [0.5, 0.6) is 0 Å². The minimum atomic E-state index is 0.891. The number of rotatable bonds is 5. The number of fused-ring (bicyclic) bond motifs is 8. The molecule has 8 aromatic carbocycles. The van der Waals surface area contributed by atoms with Gasteiger partial charge in [0.05, 0.1) is 11.2 Å². The van der Waals surface area contributed by atoms with E-state index in [1.807, 2.05) is 0 Å².